The number of benzene rings is 1. The van der Waals surface area contributed by atoms with Crippen LogP contribution in [0.3, 0.4) is 0 Å². The lowest BCUT2D eigenvalue weighted by Gasteiger charge is -2.00. The van der Waals surface area contributed by atoms with Crippen LogP contribution in [-0.4, -0.2) is 10.2 Å². The zero-order valence-corrected chi connectivity index (χ0v) is 9.84. The third-order valence-corrected chi connectivity index (χ3v) is 2.90. The van der Waals surface area contributed by atoms with Gasteiger partial charge in [0, 0.05) is 16.8 Å². The first-order valence-electron chi connectivity index (χ1n) is 4.36. The molecule has 0 atom stereocenters. The molecule has 0 spiro atoms. The van der Waals surface area contributed by atoms with Crippen LogP contribution in [0.2, 0.25) is 5.02 Å². The summed E-state index contributed by atoms with van der Waals surface area (Å²) in [5, 5.41) is 17.4. The average molecular weight is 252 g/mol. The molecular weight excluding hydrogens is 246 g/mol. The maximum Gasteiger partial charge on any atom is 0.281 e. The molecule has 6 heteroatoms. The molecule has 1 heterocycles. The van der Waals surface area contributed by atoms with Gasteiger partial charge in [0.05, 0.1) is 5.56 Å². The zero-order chi connectivity index (χ0) is 11.5. The van der Waals surface area contributed by atoms with Crippen molar-refractivity contribution in [2.45, 2.75) is 17.0 Å². The fourth-order valence-electron chi connectivity index (χ4n) is 1.09. The van der Waals surface area contributed by atoms with Crippen molar-refractivity contribution in [1.82, 2.24) is 10.2 Å². The largest absolute Gasteiger partial charge is 0.416 e. The summed E-state index contributed by atoms with van der Waals surface area (Å²) in [5.41, 5.74) is 0.533. The van der Waals surface area contributed by atoms with Gasteiger partial charge in [-0.25, -0.2) is 0 Å². The van der Waals surface area contributed by atoms with Crippen LogP contribution in [0.5, 0.6) is 0 Å². The molecule has 0 saturated carbocycles. The Morgan fingerprint density at radius 3 is 2.88 bits per heavy atom. The molecule has 0 N–H and O–H groups in total. The fraction of sp³-hybridized carbons (Fsp3) is 0.100. The minimum atomic E-state index is 0.399. The van der Waals surface area contributed by atoms with Crippen LogP contribution in [0.1, 0.15) is 11.5 Å². The number of nitriles is 1. The molecule has 2 aromatic rings. The highest BCUT2D eigenvalue weighted by Crippen LogP contribution is 2.31. The summed E-state index contributed by atoms with van der Waals surface area (Å²) in [5.74, 6) is 0.489. The van der Waals surface area contributed by atoms with Gasteiger partial charge in [-0.2, -0.15) is 5.26 Å². The number of rotatable bonds is 2. The van der Waals surface area contributed by atoms with Crippen LogP contribution < -0.4 is 0 Å². The predicted octanol–water partition coefficient (Wildman–Crippen LogP) is 3.05. The smallest absolute Gasteiger partial charge is 0.281 e. The Balaban J connectivity index is 2.34. The van der Waals surface area contributed by atoms with Crippen molar-refractivity contribution < 1.29 is 4.42 Å². The molecule has 1 aromatic heterocycles. The average Bonchev–Trinajstić information content (AvgIpc) is 2.64. The van der Waals surface area contributed by atoms with Crippen molar-refractivity contribution in [3.63, 3.8) is 0 Å². The Hall–Kier alpha value is -1.51. The molecule has 80 valence electrons. The van der Waals surface area contributed by atoms with Crippen LogP contribution in [-0.2, 0) is 0 Å². The van der Waals surface area contributed by atoms with E-state index in [2.05, 4.69) is 16.3 Å². The number of aromatic nitrogens is 2. The number of hydrogen-bond acceptors (Lipinski definition) is 5. The maximum absolute atomic E-state index is 8.92. The highest BCUT2D eigenvalue weighted by Gasteiger charge is 2.09. The van der Waals surface area contributed by atoms with Crippen LogP contribution >= 0.6 is 23.4 Å². The van der Waals surface area contributed by atoms with Crippen molar-refractivity contribution in [3.8, 4) is 6.07 Å². The second-order valence-electron chi connectivity index (χ2n) is 2.94. The Morgan fingerprint density at radius 2 is 2.25 bits per heavy atom. The Morgan fingerprint density at radius 1 is 1.44 bits per heavy atom. The topological polar surface area (TPSA) is 62.7 Å². The highest BCUT2D eigenvalue weighted by atomic mass is 35.5. The van der Waals surface area contributed by atoms with Gasteiger partial charge in [0.15, 0.2) is 0 Å². The molecule has 1 aromatic carbocycles. The van der Waals surface area contributed by atoms with Crippen molar-refractivity contribution in [2.75, 3.05) is 0 Å². The van der Waals surface area contributed by atoms with Crippen molar-refractivity contribution >= 4 is 23.4 Å². The fourth-order valence-corrected chi connectivity index (χ4v) is 2.17. The quantitative estimate of drug-likeness (QED) is 0.821. The third kappa shape index (κ3) is 2.35. The zero-order valence-electron chi connectivity index (χ0n) is 8.27. The normalized spacial score (nSPS) is 10.1. The lowest BCUT2D eigenvalue weighted by molar-refractivity contribution is 0.429. The first-order chi connectivity index (χ1) is 7.69. The van der Waals surface area contributed by atoms with Crippen molar-refractivity contribution in [1.29, 1.82) is 5.26 Å². The Kier molecular flexibility index (Phi) is 3.13. The minimum absolute atomic E-state index is 0.399. The van der Waals surface area contributed by atoms with Gasteiger partial charge >= 0.3 is 0 Å². The van der Waals surface area contributed by atoms with Crippen molar-refractivity contribution in [2.24, 2.45) is 0 Å². The van der Waals surface area contributed by atoms with E-state index in [0.717, 1.165) is 0 Å². The van der Waals surface area contributed by atoms with Gasteiger partial charge in [0.2, 0.25) is 5.89 Å². The standard InChI is InChI=1S/C10H6ClN3OS/c1-6-13-14-10(15-6)16-9-4-8(11)3-2-7(9)5-12/h2-4H,1H3. The molecule has 0 aliphatic carbocycles. The molecule has 2 rings (SSSR count). The van der Waals surface area contributed by atoms with E-state index in [0.29, 0.717) is 26.6 Å². The molecular formula is C10H6ClN3OS. The molecule has 0 saturated heterocycles. The van der Waals surface area contributed by atoms with Gasteiger partial charge in [-0.1, -0.05) is 11.6 Å². The number of aryl methyl sites for hydroxylation is 1. The molecule has 0 fully saturated rings. The van der Waals surface area contributed by atoms with Gasteiger partial charge < -0.3 is 4.42 Å². The molecule has 0 aliphatic rings. The molecule has 0 radical (unpaired) electrons. The second kappa shape index (κ2) is 4.56. The first kappa shape index (κ1) is 11.0. The summed E-state index contributed by atoms with van der Waals surface area (Å²) >= 11 is 7.08. The summed E-state index contributed by atoms with van der Waals surface area (Å²) in [4.78, 5) is 0.707. The summed E-state index contributed by atoms with van der Waals surface area (Å²) in [6.45, 7) is 1.71. The monoisotopic (exact) mass is 251 g/mol. The molecule has 0 amide bonds. The van der Waals surface area contributed by atoms with E-state index in [1.165, 1.54) is 11.8 Å². The van der Waals surface area contributed by atoms with Gasteiger partial charge in [0.1, 0.15) is 6.07 Å². The lowest BCUT2D eigenvalue weighted by Crippen LogP contribution is -1.81. The van der Waals surface area contributed by atoms with E-state index in [-0.39, 0.29) is 0 Å². The van der Waals surface area contributed by atoms with Crippen molar-refractivity contribution in [3.05, 3.63) is 34.7 Å². The van der Waals surface area contributed by atoms with Crippen LogP contribution in [0.15, 0.2) is 32.7 Å². The van der Waals surface area contributed by atoms with E-state index in [1.54, 1.807) is 25.1 Å². The van der Waals surface area contributed by atoms with E-state index in [9.17, 15) is 0 Å². The number of hydrogen-bond donors (Lipinski definition) is 0. The SMILES string of the molecule is Cc1nnc(Sc2cc(Cl)ccc2C#N)o1. The molecule has 16 heavy (non-hydrogen) atoms. The van der Waals surface area contributed by atoms with Crippen LogP contribution in [0.25, 0.3) is 0 Å². The van der Waals surface area contributed by atoms with E-state index < -0.39 is 0 Å². The Bertz CT molecular complexity index is 561. The van der Waals surface area contributed by atoms with Gasteiger partial charge in [-0.05, 0) is 30.0 Å². The number of halogens is 1. The summed E-state index contributed by atoms with van der Waals surface area (Å²) in [6.07, 6.45) is 0. The van der Waals surface area contributed by atoms with E-state index in [4.69, 9.17) is 21.3 Å². The Labute approximate surface area is 101 Å². The van der Waals surface area contributed by atoms with Gasteiger partial charge in [0.25, 0.3) is 5.22 Å². The maximum atomic E-state index is 8.92. The first-order valence-corrected chi connectivity index (χ1v) is 5.56. The lowest BCUT2D eigenvalue weighted by atomic mass is 10.2. The van der Waals surface area contributed by atoms with Gasteiger partial charge in [-0.3, -0.25) is 0 Å². The molecule has 0 aliphatic heterocycles. The molecule has 4 nitrogen and oxygen atoms in total. The van der Waals surface area contributed by atoms with Crippen LogP contribution in [0.4, 0.5) is 0 Å². The highest BCUT2D eigenvalue weighted by molar-refractivity contribution is 7.99. The van der Waals surface area contributed by atoms with Crippen LogP contribution in [0, 0.1) is 18.3 Å². The second-order valence-corrected chi connectivity index (χ2v) is 4.37. The predicted molar refractivity (Wildman–Crippen MR) is 59.3 cm³/mol. The summed E-state index contributed by atoms with van der Waals surface area (Å²) in [6, 6.07) is 7.11. The van der Waals surface area contributed by atoms with E-state index >= 15 is 0 Å². The number of nitrogens with zero attached hydrogens (tertiary/aromatic N) is 3. The van der Waals surface area contributed by atoms with Gasteiger partial charge in [-0.15, -0.1) is 10.2 Å². The third-order valence-electron chi connectivity index (χ3n) is 1.77. The summed E-state index contributed by atoms with van der Waals surface area (Å²) in [7, 11) is 0. The summed E-state index contributed by atoms with van der Waals surface area (Å²) < 4.78 is 5.22. The molecule has 0 bridgehead atoms. The molecule has 0 unspecified atom stereocenters. The minimum Gasteiger partial charge on any atom is -0.416 e. The van der Waals surface area contributed by atoms with E-state index in [1.807, 2.05) is 0 Å².